The van der Waals surface area contributed by atoms with E-state index < -0.39 is 0 Å². The van der Waals surface area contributed by atoms with Crippen molar-refractivity contribution in [2.75, 3.05) is 0 Å². The first-order valence-corrected chi connectivity index (χ1v) is 5.41. The molecule has 0 aliphatic carbocycles. The van der Waals surface area contributed by atoms with Gasteiger partial charge in [0.1, 0.15) is 0 Å². The summed E-state index contributed by atoms with van der Waals surface area (Å²) in [7, 11) is 0. The van der Waals surface area contributed by atoms with Crippen LogP contribution in [0.15, 0.2) is 24.3 Å². The van der Waals surface area contributed by atoms with Crippen LogP contribution in [0.2, 0.25) is 0 Å². The summed E-state index contributed by atoms with van der Waals surface area (Å²) in [5.41, 5.74) is 2.86. The molecule has 0 saturated carbocycles. The van der Waals surface area contributed by atoms with Crippen LogP contribution >= 0.6 is 0 Å². The Balaban J connectivity index is 2.94. The van der Waals surface area contributed by atoms with Crippen molar-refractivity contribution in [1.29, 1.82) is 0 Å². The van der Waals surface area contributed by atoms with Crippen molar-refractivity contribution >= 4 is 22.5 Å². The fourth-order valence-corrected chi connectivity index (χ4v) is 1.56. The topological polar surface area (TPSA) is 0 Å². The van der Waals surface area contributed by atoms with Gasteiger partial charge in [0.25, 0.3) is 0 Å². The third-order valence-electron chi connectivity index (χ3n) is 1.32. The molecule has 0 spiro atoms. The first kappa shape index (κ1) is 7.13. The van der Waals surface area contributed by atoms with Crippen LogP contribution in [0.5, 0.6) is 0 Å². The molecule has 0 fully saturated rings. The third kappa shape index (κ3) is 2.01. The van der Waals surface area contributed by atoms with E-state index >= 15 is 0 Å². The Hall–Kier alpha value is 0.0187. The summed E-state index contributed by atoms with van der Waals surface area (Å²) < 4.78 is 1.27. The molecule has 0 aliphatic rings. The van der Waals surface area contributed by atoms with Gasteiger partial charge in [-0.1, -0.05) is 0 Å². The first-order chi connectivity index (χ1) is 4.33. The molecule has 0 bridgehead atoms. The standard InChI is InChI=1S/C8H9.Sn.H/c1-7-4-3-5-8(2)6-7;;/h3-6H,1H2,2H3;;. The number of benzene rings is 1. The Morgan fingerprint density at radius 2 is 2.22 bits per heavy atom. The summed E-state index contributed by atoms with van der Waals surface area (Å²) in [5.74, 6) is 0. The van der Waals surface area contributed by atoms with Crippen LogP contribution in [0.1, 0.15) is 11.1 Å². The monoisotopic (exact) mass is 226 g/mol. The van der Waals surface area contributed by atoms with Gasteiger partial charge in [0, 0.05) is 0 Å². The van der Waals surface area contributed by atoms with Crippen LogP contribution in [-0.4, -0.2) is 22.5 Å². The minimum absolute atomic E-state index is 1.27. The van der Waals surface area contributed by atoms with Crippen LogP contribution < -0.4 is 0 Å². The van der Waals surface area contributed by atoms with Crippen LogP contribution in [0.3, 0.4) is 0 Å². The molecule has 0 aliphatic heterocycles. The zero-order valence-electron chi connectivity index (χ0n) is 5.59. The first-order valence-electron chi connectivity index (χ1n) is 3.08. The van der Waals surface area contributed by atoms with Crippen molar-refractivity contribution in [3.8, 4) is 0 Å². The average molecular weight is 225 g/mol. The average Bonchev–Trinajstić information content (AvgIpc) is 1.88. The van der Waals surface area contributed by atoms with Gasteiger partial charge in [-0.2, -0.15) is 0 Å². The predicted octanol–water partition coefficient (Wildman–Crippen LogP) is 1.40. The second-order valence-corrected chi connectivity index (χ2v) is 3.36. The van der Waals surface area contributed by atoms with Gasteiger partial charge in [0.05, 0.1) is 0 Å². The molecule has 46 valence electrons. The van der Waals surface area contributed by atoms with Crippen LogP contribution in [-0.2, 0) is 4.44 Å². The maximum atomic E-state index is 2.25. The molecule has 0 amide bonds. The Morgan fingerprint density at radius 3 is 2.67 bits per heavy atom. The molecule has 0 aromatic heterocycles. The van der Waals surface area contributed by atoms with Crippen molar-refractivity contribution in [1.82, 2.24) is 0 Å². The molecular formula is C8H10Sn. The molecule has 1 heteroatoms. The molecule has 1 rings (SSSR count). The minimum atomic E-state index is 1.27. The van der Waals surface area contributed by atoms with Gasteiger partial charge in [-0.25, -0.2) is 0 Å². The van der Waals surface area contributed by atoms with Crippen molar-refractivity contribution < 1.29 is 0 Å². The van der Waals surface area contributed by atoms with Crippen LogP contribution in [0.4, 0.5) is 0 Å². The van der Waals surface area contributed by atoms with Crippen LogP contribution in [0, 0.1) is 6.92 Å². The molecule has 1 aromatic rings. The molecule has 1 aromatic carbocycles. The van der Waals surface area contributed by atoms with E-state index in [4.69, 9.17) is 0 Å². The van der Waals surface area contributed by atoms with Gasteiger partial charge in [0.15, 0.2) is 0 Å². The van der Waals surface area contributed by atoms with Gasteiger partial charge in [-0.05, 0) is 0 Å². The van der Waals surface area contributed by atoms with E-state index in [1.807, 2.05) is 0 Å². The van der Waals surface area contributed by atoms with E-state index in [0.29, 0.717) is 0 Å². The van der Waals surface area contributed by atoms with E-state index in [-0.39, 0.29) is 0 Å². The normalized spacial score (nSPS) is 9.56. The second kappa shape index (κ2) is 3.25. The quantitative estimate of drug-likeness (QED) is 0.633. The Bertz CT molecular complexity index is 194. The fraction of sp³-hybridized carbons (Fsp3) is 0.250. The summed E-state index contributed by atoms with van der Waals surface area (Å²) in [6.07, 6.45) is 0. The number of rotatable bonds is 1. The molecule has 0 atom stereocenters. The van der Waals surface area contributed by atoms with Gasteiger partial charge < -0.3 is 0 Å². The van der Waals surface area contributed by atoms with Crippen molar-refractivity contribution in [3.63, 3.8) is 0 Å². The molecule has 0 saturated heterocycles. The van der Waals surface area contributed by atoms with Gasteiger partial charge in [-0.15, -0.1) is 0 Å². The molecular weight excluding hydrogens is 215 g/mol. The maximum absolute atomic E-state index is 2.25. The summed E-state index contributed by atoms with van der Waals surface area (Å²) in [4.78, 5) is 0. The Morgan fingerprint density at radius 1 is 1.44 bits per heavy atom. The van der Waals surface area contributed by atoms with E-state index in [1.165, 1.54) is 38.1 Å². The summed E-state index contributed by atoms with van der Waals surface area (Å²) >= 11 is 1.33. The fourth-order valence-electron chi connectivity index (χ4n) is 0.839. The molecule has 9 heavy (non-hydrogen) atoms. The Labute approximate surface area is 69.4 Å². The number of aryl methyl sites for hydroxylation is 1. The summed E-state index contributed by atoms with van der Waals surface area (Å²) in [6.45, 7) is 2.14. The van der Waals surface area contributed by atoms with Crippen molar-refractivity contribution in [2.24, 2.45) is 0 Å². The van der Waals surface area contributed by atoms with Crippen LogP contribution in [0.25, 0.3) is 0 Å². The second-order valence-electron chi connectivity index (χ2n) is 2.19. The third-order valence-corrected chi connectivity index (χ3v) is 2.66. The van der Waals surface area contributed by atoms with Gasteiger partial charge >= 0.3 is 69.3 Å². The number of hydrogen-bond acceptors (Lipinski definition) is 0. The zero-order valence-corrected chi connectivity index (χ0v) is 8.89. The van der Waals surface area contributed by atoms with Crippen molar-refractivity contribution in [2.45, 2.75) is 11.4 Å². The van der Waals surface area contributed by atoms with E-state index in [2.05, 4.69) is 31.2 Å². The molecule has 0 heterocycles. The SMILES string of the molecule is Cc1cccc([CH2][SnH])c1. The molecule has 2 radical (unpaired) electrons. The van der Waals surface area contributed by atoms with Gasteiger partial charge in [-0.3, -0.25) is 0 Å². The van der Waals surface area contributed by atoms with E-state index in [1.54, 1.807) is 0 Å². The van der Waals surface area contributed by atoms with Crippen molar-refractivity contribution in [3.05, 3.63) is 35.4 Å². The summed E-state index contributed by atoms with van der Waals surface area (Å²) in [5, 5.41) is 0. The molecule has 0 N–H and O–H groups in total. The molecule has 0 unspecified atom stereocenters. The predicted molar refractivity (Wildman–Crippen MR) is 42.0 cm³/mol. The zero-order chi connectivity index (χ0) is 6.69. The summed E-state index contributed by atoms with van der Waals surface area (Å²) in [6, 6.07) is 8.71. The molecule has 0 nitrogen and oxygen atoms in total. The Kier molecular flexibility index (Phi) is 2.58. The van der Waals surface area contributed by atoms with E-state index in [9.17, 15) is 0 Å². The number of hydrogen-bond donors (Lipinski definition) is 0. The van der Waals surface area contributed by atoms with Gasteiger partial charge in [0.2, 0.25) is 0 Å². The van der Waals surface area contributed by atoms with E-state index in [0.717, 1.165) is 0 Å².